The van der Waals surface area contributed by atoms with Crippen molar-refractivity contribution in [3.05, 3.63) is 88.7 Å². The van der Waals surface area contributed by atoms with Crippen LogP contribution in [-0.2, 0) is 0 Å². The summed E-state index contributed by atoms with van der Waals surface area (Å²) in [6.07, 6.45) is 3.27. The van der Waals surface area contributed by atoms with Gasteiger partial charge in [-0.25, -0.2) is 0 Å². The number of carbonyl (C=O) groups excluding carboxylic acids is 1. The van der Waals surface area contributed by atoms with Crippen LogP contribution in [0.25, 0.3) is 0 Å². The predicted octanol–water partition coefficient (Wildman–Crippen LogP) is 5.47. The Morgan fingerprint density at radius 1 is 1.08 bits per heavy atom. The number of nitrogens with zero attached hydrogens (tertiary/aromatic N) is 1. The molecule has 5 heteroatoms. The zero-order valence-corrected chi connectivity index (χ0v) is 15.4. The first-order valence-corrected chi connectivity index (χ1v) is 8.75. The number of carbonyl (C=O) groups is 1. The van der Waals surface area contributed by atoms with E-state index in [4.69, 9.17) is 11.6 Å². The lowest BCUT2D eigenvalue weighted by Gasteiger charge is -2.16. The van der Waals surface area contributed by atoms with E-state index in [-0.39, 0.29) is 11.9 Å². The Bertz CT molecular complexity index is 912. The highest BCUT2D eigenvalue weighted by atomic mass is 35.5. The van der Waals surface area contributed by atoms with Crippen molar-refractivity contribution in [3.63, 3.8) is 0 Å². The summed E-state index contributed by atoms with van der Waals surface area (Å²) in [5.41, 5.74) is 4.09. The molecule has 1 unspecified atom stereocenters. The number of aryl methyl sites for hydroxylation is 1. The van der Waals surface area contributed by atoms with Gasteiger partial charge in [-0.2, -0.15) is 0 Å². The van der Waals surface area contributed by atoms with Crippen molar-refractivity contribution in [2.75, 3.05) is 10.6 Å². The molecule has 4 nitrogen and oxygen atoms in total. The van der Waals surface area contributed by atoms with E-state index in [1.807, 2.05) is 31.2 Å². The minimum absolute atomic E-state index is 0.106. The van der Waals surface area contributed by atoms with Gasteiger partial charge in [-0.1, -0.05) is 41.9 Å². The molecule has 0 aliphatic heterocycles. The van der Waals surface area contributed by atoms with Gasteiger partial charge in [-0.05, 0) is 49.2 Å². The highest BCUT2D eigenvalue weighted by Crippen LogP contribution is 2.22. The van der Waals surface area contributed by atoms with Gasteiger partial charge >= 0.3 is 0 Å². The Balaban J connectivity index is 1.73. The molecule has 2 aromatic carbocycles. The van der Waals surface area contributed by atoms with E-state index in [9.17, 15) is 4.79 Å². The van der Waals surface area contributed by atoms with Crippen LogP contribution in [0.15, 0.2) is 67.0 Å². The van der Waals surface area contributed by atoms with Crippen molar-refractivity contribution in [1.82, 2.24) is 4.98 Å². The fourth-order valence-electron chi connectivity index (χ4n) is 2.68. The van der Waals surface area contributed by atoms with Crippen molar-refractivity contribution in [2.45, 2.75) is 19.9 Å². The Labute approximate surface area is 158 Å². The number of anilines is 2. The average molecular weight is 366 g/mol. The molecule has 1 amide bonds. The molecule has 26 heavy (non-hydrogen) atoms. The largest absolute Gasteiger partial charge is 0.377 e. The molecule has 0 saturated heterocycles. The van der Waals surface area contributed by atoms with Gasteiger partial charge in [0.25, 0.3) is 5.91 Å². The minimum atomic E-state index is -0.209. The lowest BCUT2D eigenvalue weighted by molar-refractivity contribution is 0.102. The first-order chi connectivity index (χ1) is 12.5. The summed E-state index contributed by atoms with van der Waals surface area (Å²) >= 11 is 5.96. The molecule has 0 aliphatic rings. The zero-order chi connectivity index (χ0) is 18.5. The van der Waals surface area contributed by atoms with E-state index in [1.165, 1.54) is 5.56 Å². The Hall–Kier alpha value is -2.85. The second-order valence-electron chi connectivity index (χ2n) is 6.15. The second-order valence-corrected chi connectivity index (χ2v) is 6.59. The molecule has 0 aliphatic carbocycles. The molecule has 0 saturated carbocycles. The van der Waals surface area contributed by atoms with Crippen molar-refractivity contribution < 1.29 is 4.79 Å². The van der Waals surface area contributed by atoms with Gasteiger partial charge in [0, 0.05) is 29.1 Å². The molecule has 132 valence electrons. The van der Waals surface area contributed by atoms with Crippen LogP contribution in [-0.4, -0.2) is 10.9 Å². The standard InChI is InChI=1S/C21H20ClN3O/c1-14-10-18(22)8-9-20(14)25-21(26)17-11-19(13-23-12-17)24-15(2)16-6-4-3-5-7-16/h3-13,15,24H,1-2H3,(H,25,26). The summed E-state index contributed by atoms with van der Waals surface area (Å²) in [5.74, 6) is -0.209. The monoisotopic (exact) mass is 365 g/mol. The van der Waals surface area contributed by atoms with Crippen LogP contribution in [0.2, 0.25) is 5.02 Å². The summed E-state index contributed by atoms with van der Waals surface area (Å²) in [7, 11) is 0. The smallest absolute Gasteiger partial charge is 0.257 e. The molecule has 3 aromatic rings. The van der Waals surface area contributed by atoms with Crippen LogP contribution in [0.4, 0.5) is 11.4 Å². The summed E-state index contributed by atoms with van der Waals surface area (Å²) in [6, 6.07) is 17.4. The summed E-state index contributed by atoms with van der Waals surface area (Å²) in [5, 5.41) is 6.92. The number of halogens is 1. The molecular weight excluding hydrogens is 346 g/mol. The molecule has 1 atom stereocenters. The molecule has 2 N–H and O–H groups in total. The second kappa shape index (κ2) is 8.02. The highest BCUT2D eigenvalue weighted by molar-refractivity contribution is 6.30. The number of benzene rings is 2. The van der Waals surface area contributed by atoms with Crippen LogP contribution < -0.4 is 10.6 Å². The number of hydrogen-bond donors (Lipinski definition) is 2. The molecule has 0 spiro atoms. The van der Waals surface area contributed by atoms with Crippen molar-refractivity contribution in [1.29, 1.82) is 0 Å². The fraction of sp³-hybridized carbons (Fsp3) is 0.143. The maximum absolute atomic E-state index is 12.5. The summed E-state index contributed by atoms with van der Waals surface area (Å²) in [6.45, 7) is 3.97. The molecule has 3 rings (SSSR count). The van der Waals surface area contributed by atoms with Crippen LogP contribution >= 0.6 is 11.6 Å². The number of rotatable bonds is 5. The van der Waals surface area contributed by atoms with Gasteiger partial charge in [-0.3, -0.25) is 9.78 Å². The lowest BCUT2D eigenvalue weighted by atomic mass is 10.1. The molecule has 0 radical (unpaired) electrons. The third kappa shape index (κ3) is 4.41. The first kappa shape index (κ1) is 18.0. The van der Waals surface area contributed by atoms with Gasteiger partial charge in [0.1, 0.15) is 0 Å². The fourth-order valence-corrected chi connectivity index (χ4v) is 2.91. The number of hydrogen-bond acceptors (Lipinski definition) is 3. The maximum atomic E-state index is 12.5. The summed E-state index contributed by atoms with van der Waals surface area (Å²) in [4.78, 5) is 16.7. The highest BCUT2D eigenvalue weighted by Gasteiger charge is 2.11. The van der Waals surface area contributed by atoms with Crippen LogP contribution in [0.1, 0.15) is 34.5 Å². The van der Waals surface area contributed by atoms with Crippen LogP contribution in [0.3, 0.4) is 0 Å². The maximum Gasteiger partial charge on any atom is 0.257 e. The third-order valence-electron chi connectivity index (χ3n) is 4.12. The first-order valence-electron chi connectivity index (χ1n) is 8.37. The predicted molar refractivity (Wildman–Crippen MR) is 107 cm³/mol. The van der Waals surface area contributed by atoms with Gasteiger partial charge in [0.15, 0.2) is 0 Å². The van der Waals surface area contributed by atoms with Crippen LogP contribution in [0.5, 0.6) is 0 Å². The third-order valence-corrected chi connectivity index (χ3v) is 4.35. The van der Waals surface area contributed by atoms with Gasteiger partial charge in [-0.15, -0.1) is 0 Å². The quantitative estimate of drug-likeness (QED) is 0.630. The van der Waals surface area contributed by atoms with Gasteiger partial charge in [0.2, 0.25) is 0 Å². The molecular formula is C21H20ClN3O. The van der Waals surface area contributed by atoms with Crippen molar-refractivity contribution in [3.8, 4) is 0 Å². The SMILES string of the molecule is Cc1cc(Cl)ccc1NC(=O)c1cncc(NC(C)c2ccccc2)c1. The van der Waals surface area contributed by atoms with Crippen molar-refractivity contribution in [2.24, 2.45) is 0 Å². The van der Waals surface area contributed by atoms with Crippen molar-refractivity contribution >= 4 is 28.9 Å². The van der Waals surface area contributed by atoms with Gasteiger partial charge in [0.05, 0.1) is 11.3 Å². The van der Waals surface area contributed by atoms with E-state index in [0.717, 1.165) is 16.9 Å². The van der Waals surface area contributed by atoms with Gasteiger partial charge < -0.3 is 10.6 Å². The number of pyridine rings is 1. The Kier molecular flexibility index (Phi) is 5.54. The number of amides is 1. The topological polar surface area (TPSA) is 54.0 Å². The molecule has 0 fully saturated rings. The number of aromatic nitrogens is 1. The minimum Gasteiger partial charge on any atom is -0.377 e. The van der Waals surface area contributed by atoms with E-state index in [2.05, 4.69) is 34.7 Å². The molecule has 1 aromatic heterocycles. The van der Waals surface area contributed by atoms with E-state index in [1.54, 1.807) is 30.6 Å². The van der Waals surface area contributed by atoms with E-state index >= 15 is 0 Å². The molecule has 1 heterocycles. The zero-order valence-electron chi connectivity index (χ0n) is 14.7. The molecule has 0 bridgehead atoms. The summed E-state index contributed by atoms with van der Waals surface area (Å²) < 4.78 is 0. The number of nitrogens with one attached hydrogen (secondary N) is 2. The Morgan fingerprint density at radius 3 is 2.58 bits per heavy atom. The average Bonchev–Trinajstić information content (AvgIpc) is 2.65. The van der Waals surface area contributed by atoms with E-state index < -0.39 is 0 Å². The van der Waals surface area contributed by atoms with E-state index in [0.29, 0.717) is 10.6 Å². The van der Waals surface area contributed by atoms with Crippen LogP contribution in [0, 0.1) is 6.92 Å². The Morgan fingerprint density at radius 2 is 1.85 bits per heavy atom. The normalized spacial score (nSPS) is 11.7. The lowest BCUT2D eigenvalue weighted by Crippen LogP contribution is -2.14.